The van der Waals surface area contributed by atoms with Crippen molar-refractivity contribution in [3.63, 3.8) is 0 Å². The molecular weight excluding hydrogens is 254 g/mol. The van der Waals surface area contributed by atoms with Crippen LogP contribution in [0.25, 0.3) is 0 Å². The minimum atomic E-state index is -3.05. The van der Waals surface area contributed by atoms with Crippen LogP contribution in [0.2, 0.25) is 0 Å². The molecule has 78 valence electrons. The molecule has 1 aliphatic heterocycles. The second kappa shape index (κ2) is 4.28. The van der Waals surface area contributed by atoms with Gasteiger partial charge in [0, 0.05) is 12.6 Å². The van der Waals surface area contributed by atoms with Gasteiger partial charge in [-0.15, -0.1) is 0 Å². The van der Waals surface area contributed by atoms with Crippen LogP contribution < -0.4 is 0 Å². The molecule has 1 saturated heterocycles. The predicted octanol–water partition coefficient (Wildman–Crippen LogP) is 1.79. The predicted molar refractivity (Wildman–Crippen MR) is 57.3 cm³/mol. The van der Waals surface area contributed by atoms with E-state index in [9.17, 15) is 8.42 Å². The number of hydrogen-bond donors (Lipinski definition) is 0. The van der Waals surface area contributed by atoms with E-state index in [2.05, 4.69) is 22.9 Å². The van der Waals surface area contributed by atoms with Gasteiger partial charge in [0.05, 0.1) is 0 Å². The molecule has 2 atom stereocenters. The van der Waals surface area contributed by atoms with Gasteiger partial charge in [-0.25, -0.2) is 8.42 Å². The molecule has 0 bridgehead atoms. The van der Waals surface area contributed by atoms with E-state index in [4.69, 9.17) is 0 Å². The molecule has 0 saturated carbocycles. The first-order valence-electron chi connectivity index (χ1n) is 4.53. The molecule has 1 heterocycles. The molecule has 3 nitrogen and oxygen atoms in total. The number of rotatable bonds is 2. The summed E-state index contributed by atoms with van der Waals surface area (Å²) >= 11 is 3.02. The molecule has 2 unspecified atom stereocenters. The van der Waals surface area contributed by atoms with E-state index in [0.717, 1.165) is 12.8 Å². The summed E-state index contributed by atoms with van der Waals surface area (Å²) in [5, 5.41) is 0. The first kappa shape index (κ1) is 11.5. The smallest absolute Gasteiger partial charge is 0.211 e. The Balaban J connectivity index is 2.77. The molecule has 1 rings (SSSR count). The van der Waals surface area contributed by atoms with E-state index in [-0.39, 0.29) is 10.7 Å². The molecule has 0 aliphatic carbocycles. The molecule has 0 aromatic rings. The fraction of sp³-hybridized carbons (Fsp3) is 1.00. The molecule has 0 aromatic heterocycles. The molecule has 1 fully saturated rings. The Morgan fingerprint density at radius 2 is 2.00 bits per heavy atom. The number of piperidine rings is 1. The Morgan fingerprint density at radius 3 is 2.54 bits per heavy atom. The number of alkyl halides is 1. The van der Waals surface area contributed by atoms with Crippen molar-refractivity contribution in [3.05, 3.63) is 0 Å². The van der Waals surface area contributed by atoms with Gasteiger partial charge in [0.2, 0.25) is 10.0 Å². The van der Waals surface area contributed by atoms with E-state index < -0.39 is 10.0 Å². The first-order chi connectivity index (χ1) is 5.97. The zero-order valence-corrected chi connectivity index (χ0v) is 10.4. The number of nitrogens with zero attached hydrogens (tertiary/aromatic N) is 1. The second-order valence-electron chi connectivity index (χ2n) is 3.82. The van der Waals surface area contributed by atoms with Crippen LogP contribution in [0.1, 0.15) is 26.7 Å². The summed E-state index contributed by atoms with van der Waals surface area (Å²) in [6.45, 7) is 4.75. The van der Waals surface area contributed by atoms with Gasteiger partial charge in [0.25, 0.3) is 0 Å². The van der Waals surface area contributed by atoms with Crippen LogP contribution in [-0.2, 0) is 10.0 Å². The lowest BCUT2D eigenvalue weighted by molar-refractivity contribution is 0.219. The molecule has 0 aromatic carbocycles. The third-order valence-electron chi connectivity index (χ3n) is 2.56. The highest BCUT2D eigenvalue weighted by Gasteiger charge is 2.31. The zero-order chi connectivity index (χ0) is 10.1. The molecule has 0 spiro atoms. The quantitative estimate of drug-likeness (QED) is 0.717. The molecule has 0 amide bonds. The van der Waals surface area contributed by atoms with Crippen molar-refractivity contribution in [2.75, 3.05) is 11.2 Å². The maximum absolute atomic E-state index is 11.6. The van der Waals surface area contributed by atoms with Crippen molar-refractivity contribution in [3.8, 4) is 0 Å². The van der Waals surface area contributed by atoms with Gasteiger partial charge in [-0.1, -0.05) is 22.9 Å². The number of sulfonamides is 1. The van der Waals surface area contributed by atoms with Crippen LogP contribution in [0.5, 0.6) is 0 Å². The summed E-state index contributed by atoms with van der Waals surface area (Å²) in [5.41, 5.74) is 0. The Labute approximate surface area is 88.7 Å². The Kier molecular flexibility index (Phi) is 3.77. The Morgan fingerprint density at radius 1 is 1.38 bits per heavy atom. The lowest BCUT2D eigenvalue weighted by atomic mass is 9.97. The van der Waals surface area contributed by atoms with E-state index >= 15 is 0 Å². The zero-order valence-electron chi connectivity index (χ0n) is 8.03. The summed E-state index contributed by atoms with van der Waals surface area (Å²) in [5.74, 6) is 0.491. The fourth-order valence-electron chi connectivity index (χ4n) is 1.70. The van der Waals surface area contributed by atoms with Crippen LogP contribution in [0.15, 0.2) is 0 Å². The van der Waals surface area contributed by atoms with E-state index in [0.29, 0.717) is 12.5 Å². The highest BCUT2D eigenvalue weighted by molar-refractivity contribution is 9.10. The van der Waals surface area contributed by atoms with Crippen LogP contribution in [0.3, 0.4) is 0 Å². The lowest BCUT2D eigenvalue weighted by Crippen LogP contribution is -2.45. The molecule has 0 radical (unpaired) electrons. The molecule has 5 heteroatoms. The van der Waals surface area contributed by atoms with E-state index in [1.54, 1.807) is 4.31 Å². The lowest BCUT2D eigenvalue weighted by Gasteiger charge is -2.35. The number of halogens is 1. The maximum Gasteiger partial charge on any atom is 0.224 e. The maximum atomic E-state index is 11.6. The van der Waals surface area contributed by atoms with Gasteiger partial charge in [0.15, 0.2) is 0 Å². The average Bonchev–Trinajstić information content (AvgIpc) is 2.09. The van der Waals surface area contributed by atoms with Crippen molar-refractivity contribution in [2.24, 2.45) is 5.92 Å². The van der Waals surface area contributed by atoms with Gasteiger partial charge in [0.1, 0.15) is 4.66 Å². The van der Waals surface area contributed by atoms with Crippen molar-refractivity contribution < 1.29 is 8.42 Å². The largest absolute Gasteiger partial charge is 0.224 e. The van der Waals surface area contributed by atoms with Gasteiger partial charge in [-0.2, -0.15) is 4.31 Å². The molecule has 0 N–H and O–H groups in total. The summed E-state index contributed by atoms with van der Waals surface area (Å²) < 4.78 is 24.8. The van der Waals surface area contributed by atoms with Crippen molar-refractivity contribution in [2.45, 2.75) is 32.7 Å². The Bertz CT molecular complexity index is 265. The van der Waals surface area contributed by atoms with Crippen LogP contribution in [0, 0.1) is 5.92 Å². The van der Waals surface area contributed by atoms with Gasteiger partial charge >= 0.3 is 0 Å². The summed E-state index contributed by atoms with van der Waals surface area (Å²) in [4.78, 5) is 0. The average molecular weight is 270 g/mol. The van der Waals surface area contributed by atoms with Gasteiger partial charge in [-0.3, -0.25) is 0 Å². The van der Waals surface area contributed by atoms with Crippen LogP contribution in [-0.4, -0.2) is 30.0 Å². The van der Waals surface area contributed by atoms with Crippen LogP contribution >= 0.6 is 15.9 Å². The van der Waals surface area contributed by atoms with Gasteiger partial charge in [-0.05, 0) is 25.7 Å². The fourth-order valence-corrected chi connectivity index (χ4v) is 3.75. The third kappa shape index (κ3) is 2.67. The van der Waals surface area contributed by atoms with Crippen LogP contribution in [0.4, 0.5) is 0 Å². The molecular formula is C8H16BrNO2S. The molecule has 13 heavy (non-hydrogen) atoms. The van der Waals surface area contributed by atoms with E-state index in [1.807, 2.05) is 6.92 Å². The topological polar surface area (TPSA) is 37.4 Å². The van der Waals surface area contributed by atoms with Crippen molar-refractivity contribution >= 4 is 26.0 Å². The standard InChI is InChI=1S/C8H16BrNO2S/c1-7-3-4-8(2)10(5-7)13(11,12)6-9/h7-8H,3-6H2,1-2H3. The molecule has 1 aliphatic rings. The first-order valence-corrected chi connectivity index (χ1v) is 7.26. The number of hydrogen-bond acceptors (Lipinski definition) is 2. The van der Waals surface area contributed by atoms with E-state index in [1.165, 1.54) is 0 Å². The minimum Gasteiger partial charge on any atom is -0.211 e. The minimum absolute atomic E-state index is 0.0387. The Hall–Kier alpha value is 0.390. The third-order valence-corrected chi connectivity index (χ3v) is 5.79. The summed E-state index contributed by atoms with van der Waals surface area (Å²) in [6, 6.07) is 0.166. The van der Waals surface area contributed by atoms with Crippen molar-refractivity contribution in [1.82, 2.24) is 4.31 Å². The highest BCUT2D eigenvalue weighted by atomic mass is 79.9. The summed E-state index contributed by atoms with van der Waals surface area (Å²) in [7, 11) is -3.05. The SMILES string of the molecule is CC1CCC(C)N(S(=O)(=O)CBr)C1. The monoisotopic (exact) mass is 269 g/mol. The van der Waals surface area contributed by atoms with Crippen molar-refractivity contribution in [1.29, 1.82) is 0 Å². The summed E-state index contributed by atoms with van der Waals surface area (Å²) in [6.07, 6.45) is 2.11. The normalized spacial score (nSPS) is 31.9. The highest BCUT2D eigenvalue weighted by Crippen LogP contribution is 2.24. The second-order valence-corrected chi connectivity index (χ2v) is 7.05. The van der Waals surface area contributed by atoms with Gasteiger partial charge < -0.3 is 0 Å².